The number of hydrogen-bond donors (Lipinski definition) is 1. The molecule has 0 saturated heterocycles. The monoisotopic (exact) mass is 239 g/mol. The molecule has 0 aliphatic heterocycles. The first kappa shape index (κ1) is 12.5. The molecule has 2 nitrogen and oxygen atoms in total. The summed E-state index contributed by atoms with van der Waals surface area (Å²) in [5.74, 6) is 0. The highest BCUT2D eigenvalue weighted by molar-refractivity contribution is 7.09. The standard InChI is InChI=1S/C9H12F3NOS/c1-6(13)8(9(10,11)12)14-5-7-3-2-4-15-7/h2-4,6,8H,5,13H2,1H3. The van der Waals surface area contributed by atoms with E-state index >= 15 is 0 Å². The zero-order chi connectivity index (χ0) is 11.5. The molecular formula is C9H12F3NOS. The van der Waals surface area contributed by atoms with Crippen LogP contribution in [0.2, 0.25) is 0 Å². The van der Waals surface area contributed by atoms with Crippen LogP contribution in [-0.4, -0.2) is 18.3 Å². The van der Waals surface area contributed by atoms with Gasteiger partial charge in [0.2, 0.25) is 0 Å². The second-order valence-electron chi connectivity index (χ2n) is 3.21. The molecule has 0 aliphatic carbocycles. The van der Waals surface area contributed by atoms with Gasteiger partial charge in [0, 0.05) is 10.9 Å². The Morgan fingerprint density at radius 1 is 1.53 bits per heavy atom. The van der Waals surface area contributed by atoms with Crippen molar-refractivity contribution in [1.29, 1.82) is 0 Å². The van der Waals surface area contributed by atoms with Gasteiger partial charge in [-0.25, -0.2) is 0 Å². The molecule has 2 N–H and O–H groups in total. The molecule has 2 unspecified atom stereocenters. The molecule has 0 bridgehead atoms. The zero-order valence-electron chi connectivity index (χ0n) is 8.12. The summed E-state index contributed by atoms with van der Waals surface area (Å²) in [6.07, 6.45) is -6.31. The first-order chi connectivity index (χ1) is 6.91. The van der Waals surface area contributed by atoms with Gasteiger partial charge in [0.15, 0.2) is 6.10 Å². The molecule has 15 heavy (non-hydrogen) atoms. The fourth-order valence-electron chi connectivity index (χ4n) is 1.11. The summed E-state index contributed by atoms with van der Waals surface area (Å²) in [7, 11) is 0. The number of halogens is 3. The third-order valence-electron chi connectivity index (χ3n) is 1.79. The molecular weight excluding hydrogens is 227 g/mol. The molecule has 1 heterocycles. The number of hydrogen-bond acceptors (Lipinski definition) is 3. The van der Waals surface area contributed by atoms with Gasteiger partial charge in [-0.3, -0.25) is 0 Å². The van der Waals surface area contributed by atoms with Gasteiger partial charge in [0.25, 0.3) is 0 Å². The van der Waals surface area contributed by atoms with Crippen molar-refractivity contribution in [1.82, 2.24) is 0 Å². The Morgan fingerprint density at radius 3 is 2.60 bits per heavy atom. The molecule has 0 saturated carbocycles. The third kappa shape index (κ3) is 3.81. The summed E-state index contributed by atoms with van der Waals surface area (Å²) in [5.41, 5.74) is 5.22. The average Bonchev–Trinajstić information content (AvgIpc) is 2.53. The summed E-state index contributed by atoms with van der Waals surface area (Å²) >= 11 is 1.35. The largest absolute Gasteiger partial charge is 0.416 e. The van der Waals surface area contributed by atoms with Crippen LogP contribution in [0, 0.1) is 0 Å². The zero-order valence-corrected chi connectivity index (χ0v) is 8.94. The highest BCUT2D eigenvalue weighted by Gasteiger charge is 2.43. The fourth-order valence-corrected chi connectivity index (χ4v) is 1.74. The van der Waals surface area contributed by atoms with E-state index in [9.17, 15) is 13.2 Å². The van der Waals surface area contributed by atoms with Crippen LogP contribution in [0.1, 0.15) is 11.8 Å². The van der Waals surface area contributed by atoms with E-state index in [1.807, 2.05) is 0 Å². The summed E-state index contributed by atoms with van der Waals surface area (Å²) in [6.45, 7) is 1.23. The van der Waals surface area contributed by atoms with Crippen LogP contribution in [0.5, 0.6) is 0 Å². The average molecular weight is 239 g/mol. The van der Waals surface area contributed by atoms with Gasteiger partial charge in [0.05, 0.1) is 6.61 Å². The topological polar surface area (TPSA) is 35.2 Å². The summed E-state index contributed by atoms with van der Waals surface area (Å²) in [6, 6.07) is 2.42. The van der Waals surface area contributed by atoms with Crippen molar-refractivity contribution in [3.05, 3.63) is 22.4 Å². The Balaban J connectivity index is 2.53. The molecule has 1 aromatic heterocycles. The second-order valence-corrected chi connectivity index (χ2v) is 4.24. The Hall–Kier alpha value is -0.590. The summed E-state index contributed by atoms with van der Waals surface area (Å²) < 4.78 is 42.0. The SMILES string of the molecule is CC(N)C(OCc1cccs1)C(F)(F)F. The van der Waals surface area contributed by atoms with Crippen molar-refractivity contribution in [3.8, 4) is 0 Å². The highest BCUT2D eigenvalue weighted by Crippen LogP contribution is 2.26. The van der Waals surface area contributed by atoms with Crippen molar-refractivity contribution in [2.24, 2.45) is 5.73 Å². The lowest BCUT2D eigenvalue weighted by Crippen LogP contribution is -2.45. The molecule has 2 atom stereocenters. The van der Waals surface area contributed by atoms with Gasteiger partial charge >= 0.3 is 6.18 Å². The Labute approximate surface area is 89.8 Å². The van der Waals surface area contributed by atoms with Crippen LogP contribution < -0.4 is 5.73 Å². The van der Waals surface area contributed by atoms with E-state index in [4.69, 9.17) is 10.5 Å². The van der Waals surface area contributed by atoms with Gasteiger partial charge in [-0.05, 0) is 18.4 Å². The lowest BCUT2D eigenvalue weighted by molar-refractivity contribution is -0.228. The van der Waals surface area contributed by atoms with Crippen molar-refractivity contribution in [3.63, 3.8) is 0 Å². The molecule has 0 fully saturated rings. The van der Waals surface area contributed by atoms with Gasteiger partial charge in [-0.1, -0.05) is 6.07 Å². The normalized spacial score (nSPS) is 16.3. The van der Waals surface area contributed by atoms with Crippen molar-refractivity contribution in [2.75, 3.05) is 0 Å². The van der Waals surface area contributed by atoms with Crippen LogP contribution >= 0.6 is 11.3 Å². The van der Waals surface area contributed by atoms with E-state index in [0.29, 0.717) is 0 Å². The van der Waals surface area contributed by atoms with Gasteiger partial charge in [-0.2, -0.15) is 13.2 Å². The van der Waals surface area contributed by atoms with Crippen molar-refractivity contribution in [2.45, 2.75) is 31.9 Å². The van der Waals surface area contributed by atoms with Gasteiger partial charge in [-0.15, -0.1) is 11.3 Å². The van der Waals surface area contributed by atoms with E-state index in [-0.39, 0.29) is 6.61 Å². The Morgan fingerprint density at radius 2 is 2.20 bits per heavy atom. The van der Waals surface area contributed by atoms with E-state index < -0.39 is 18.3 Å². The van der Waals surface area contributed by atoms with Crippen molar-refractivity contribution >= 4 is 11.3 Å². The van der Waals surface area contributed by atoms with Crippen LogP contribution in [0.15, 0.2) is 17.5 Å². The number of alkyl halides is 3. The number of rotatable bonds is 4. The smallest absolute Gasteiger partial charge is 0.362 e. The van der Waals surface area contributed by atoms with Crippen LogP contribution in [0.3, 0.4) is 0 Å². The second kappa shape index (κ2) is 4.96. The van der Waals surface area contributed by atoms with Gasteiger partial charge in [0.1, 0.15) is 0 Å². The quantitative estimate of drug-likeness (QED) is 0.876. The fraction of sp³-hybridized carbons (Fsp3) is 0.556. The molecule has 1 aromatic rings. The Kier molecular flexibility index (Phi) is 4.12. The minimum Gasteiger partial charge on any atom is -0.362 e. The maximum Gasteiger partial charge on any atom is 0.416 e. The number of ether oxygens (including phenoxy) is 1. The van der Waals surface area contributed by atoms with E-state index in [2.05, 4.69) is 0 Å². The Bertz CT molecular complexity index is 284. The van der Waals surface area contributed by atoms with E-state index in [1.54, 1.807) is 17.5 Å². The molecule has 1 rings (SSSR count). The predicted molar refractivity (Wildman–Crippen MR) is 52.6 cm³/mol. The van der Waals surface area contributed by atoms with Crippen LogP contribution in [0.25, 0.3) is 0 Å². The minimum atomic E-state index is -4.41. The maximum atomic E-state index is 12.4. The van der Waals surface area contributed by atoms with Crippen molar-refractivity contribution < 1.29 is 17.9 Å². The molecule has 0 spiro atoms. The number of thiophene rings is 1. The first-order valence-corrected chi connectivity index (χ1v) is 5.25. The maximum absolute atomic E-state index is 12.4. The summed E-state index contributed by atoms with van der Waals surface area (Å²) in [4.78, 5) is 0.755. The molecule has 0 aliphatic rings. The van der Waals surface area contributed by atoms with E-state index in [1.165, 1.54) is 18.3 Å². The lowest BCUT2D eigenvalue weighted by atomic mass is 10.2. The van der Waals surface area contributed by atoms with Gasteiger partial charge < -0.3 is 10.5 Å². The van der Waals surface area contributed by atoms with Crippen LogP contribution in [-0.2, 0) is 11.3 Å². The third-order valence-corrected chi connectivity index (χ3v) is 2.64. The predicted octanol–water partition coefficient (Wildman–Crippen LogP) is 2.54. The molecule has 86 valence electrons. The molecule has 6 heteroatoms. The highest BCUT2D eigenvalue weighted by atomic mass is 32.1. The minimum absolute atomic E-state index is 0.0522. The first-order valence-electron chi connectivity index (χ1n) is 4.37. The molecule has 0 radical (unpaired) electrons. The van der Waals surface area contributed by atoms with Crippen LogP contribution in [0.4, 0.5) is 13.2 Å². The van der Waals surface area contributed by atoms with E-state index in [0.717, 1.165) is 4.88 Å². The number of nitrogens with two attached hydrogens (primary N) is 1. The summed E-state index contributed by atoms with van der Waals surface area (Å²) in [5, 5.41) is 1.78. The molecule has 0 amide bonds. The lowest BCUT2D eigenvalue weighted by Gasteiger charge is -2.23. The molecule has 0 aromatic carbocycles.